The zero-order valence-corrected chi connectivity index (χ0v) is 17.9. The first-order valence-corrected chi connectivity index (χ1v) is 10.7. The number of aromatic hydroxyl groups is 1. The van der Waals surface area contributed by atoms with E-state index in [0.29, 0.717) is 11.1 Å². The molecule has 0 fully saturated rings. The lowest BCUT2D eigenvalue weighted by atomic mass is 9.98. The van der Waals surface area contributed by atoms with Gasteiger partial charge in [0.15, 0.2) is 0 Å². The number of phenols is 1. The topological polar surface area (TPSA) is 99.0 Å². The minimum absolute atomic E-state index is 0.0187. The third kappa shape index (κ3) is 4.47. The van der Waals surface area contributed by atoms with E-state index in [0.717, 1.165) is 22.3 Å². The lowest BCUT2D eigenvalue weighted by molar-refractivity contribution is 0.0135. The molecule has 3 aromatic carbocycles. The molecule has 0 spiro atoms. The van der Waals surface area contributed by atoms with E-state index in [9.17, 15) is 20.1 Å². The highest BCUT2D eigenvalue weighted by atomic mass is 16.5. The Morgan fingerprint density at radius 2 is 1.62 bits per heavy atom. The van der Waals surface area contributed by atoms with E-state index in [1.165, 1.54) is 6.07 Å². The van der Waals surface area contributed by atoms with Crippen molar-refractivity contribution in [3.63, 3.8) is 0 Å². The van der Waals surface area contributed by atoms with Gasteiger partial charge in [-0.1, -0.05) is 60.7 Å². The highest BCUT2D eigenvalue weighted by molar-refractivity contribution is 5.79. The van der Waals surface area contributed by atoms with Gasteiger partial charge in [0, 0.05) is 12.5 Å². The second-order valence-electron chi connectivity index (χ2n) is 8.10. The van der Waals surface area contributed by atoms with Gasteiger partial charge in [0.05, 0.1) is 6.10 Å². The molecular weight excluding hydrogens is 406 g/mol. The van der Waals surface area contributed by atoms with E-state index in [2.05, 4.69) is 29.6 Å². The molecule has 32 heavy (non-hydrogen) atoms. The van der Waals surface area contributed by atoms with Gasteiger partial charge in [-0.3, -0.25) is 0 Å². The van der Waals surface area contributed by atoms with Crippen LogP contribution in [0.5, 0.6) is 5.75 Å². The van der Waals surface area contributed by atoms with E-state index in [1.54, 1.807) is 19.1 Å². The molecule has 6 nitrogen and oxygen atoms in total. The first kappa shape index (κ1) is 21.9. The average molecular weight is 434 g/mol. The van der Waals surface area contributed by atoms with Crippen molar-refractivity contribution in [2.24, 2.45) is 0 Å². The van der Waals surface area contributed by atoms with Crippen LogP contribution in [0.25, 0.3) is 11.1 Å². The Hall–Kier alpha value is -3.35. The number of aliphatic hydroxyl groups excluding tert-OH is 2. The molecule has 4 N–H and O–H groups in total. The van der Waals surface area contributed by atoms with Gasteiger partial charge in [0.25, 0.3) is 0 Å². The smallest absolute Gasteiger partial charge is 0.407 e. The molecule has 6 heteroatoms. The van der Waals surface area contributed by atoms with Crippen LogP contribution in [0, 0.1) is 6.92 Å². The second kappa shape index (κ2) is 9.42. The minimum atomic E-state index is -1.16. The number of aliphatic hydroxyl groups is 2. The number of carbonyl (C=O) groups is 1. The molecule has 2 unspecified atom stereocenters. The van der Waals surface area contributed by atoms with Crippen molar-refractivity contribution in [3.8, 4) is 16.9 Å². The van der Waals surface area contributed by atoms with Crippen molar-refractivity contribution in [3.05, 3.63) is 89.0 Å². The maximum absolute atomic E-state index is 12.2. The number of rotatable bonds is 7. The van der Waals surface area contributed by atoms with Gasteiger partial charge < -0.3 is 25.4 Å². The zero-order chi connectivity index (χ0) is 22.7. The van der Waals surface area contributed by atoms with Crippen LogP contribution in [0.1, 0.15) is 40.7 Å². The Morgan fingerprint density at radius 1 is 1.00 bits per heavy atom. The summed E-state index contributed by atoms with van der Waals surface area (Å²) in [4.78, 5) is 12.2. The summed E-state index contributed by atoms with van der Waals surface area (Å²) < 4.78 is 5.47. The fourth-order valence-electron chi connectivity index (χ4n) is 4.16. The molecule has 0 bridgehead atoms. The minimum Gasteiger partial charge on any atom is -0.508 e. The monoisotopic (exact) mass is 433 g/mol. The van der Waals surface area contributed by atoms with Gasteiger partial charge in [-0.05, 0) is 52.8 Å². The first-order chi connectivity index (χ1) is 15.5. The van der Waals surface area contributed by atoms with Gasteiger partial charge in [0.1, 0.15) is 18.5 Å². The standard InChI is InChI=1S/C26H27NO5/c1-16-10-11-17(14-24(16)29)25(30)23(28)12-13-27-26(31)32-15-22-20-8-4-2-6-18(20)19-7-3-5-9-21(19)22/h2-11,14,22-23,25,28-30H,12-13,15H2,1H3,(H,27,31). The molecule has 4 rings (SSSR count). The maximum atomic E-state index is 12.2. The summed E-state index contributed by atoms with van der Waals surface area (Å²) in [6.07, 6.45) is -2.68. The second-order valence-corrected chi connectivity index (χ2v) is 8.10. The molecule has 0 saturated carbocycles. The van der Waals surface area contributed by atoms with E-state index in [4.69, 9.17) is 4.74 Å². The van der Waals surface area contributed by atoms with Crippen LogP contribution in [-0.4, -0.2) is 40.7 Å². The molecule has 0 aromatic heterocycles. The molecule has 0 heterocycles. The summed E-state index contributed by atoms with van der Waals surface area (Å²) in [6, 6.07) is 21.0. The summed E-state index contributed by atoms with van der Waals surface area (Å²) in [5.41, 5.74) is 5.71. The van der Waals surface area contributed by atoms with Crippen molar-refractivity contribution in [2.75, 3.05) is 13.2 Å². The molecule has 0 aliphatic heterocycles. The van der Waals surface area contributed by atoms with E-state index < -0.39 is 18.3 Å². The average Bonchev–Trinajstić information content (AvgIpc) is 3.12. The Balaban J connectivity index is 1.28. The quantitative estimate of drug-likeness (QED) is 0.451. The summed E-state index contributed by atoms with van der Waals surface area (Å²) in [7, 11) is 0. The van der Waals surface area contributed by atoms with Crippen molar-refractivity contribution in [2.45, 2.75) is 31.5 Å². The van der Waals surface area contributed by atoms with Crippen LogP contribution < -0.4 is 5.32 Å². The molecular formula is C26H27NO5. The number of nitrogens with one attached hydrogen (secondary N) is 1. The molecule has 0 radical (unpaired) electrons. The molecule has 1 aliphatic rings. The van der Waals surface area contributed by atoms with Crippen molar-refractivity contribution >= 4 is 6.09 Å². The van der Waals surface area contributed by atoms with E-state index in [-0.39, 0.29) is 31.2 Å². The first-order valence-electron chi connectivity index (χ1n) is 10.7. The van der Waals surface area contributed by atoms with E-state index in [1.807, 2.05) is 24.3 Å². The zero-order valence-electron chi connectivity index (χ0n) is 17.9. The molecule has 2 atom stereocenters. The lowest BCUT2D eigenvalue weighted by Gasteiger charge is -2.19. The Kier molecular flexibility index (Phi) is 6.44. The van der Waals surface area contributed by atoms with Gasteiger partial charge in [-0.25, -0.2) is 4.79 Å². The predicted molar refractivity (Wildman–Crippen MR) is 121 cm³/mol. The molecule has 0 saturated heterocycles. The number of carbonyl (C=O) groups excluding carboxylic acids is 1. The van der Waals surface area contributed by atoms with Gasteiger partial charge in [-0.2, -0.15) is 0 Å². The number of hydrogen-bond donors (Lipinski definition) is 4. The number of hydrogen-bond acceptors (Lipinski definition) is 5. The third-order valence-electron chi connectivity index (χ3n) is 5.99. The van der Waals surface area contributed by atoms with Crippen LogP contribution in [-0.2, 0) is 4.74 Å². The summed E-state index contributed by atoms with van der Waals surface area (Å²) in [6.45, 7) is 2.11. The van der Waals surface area contributed by atoms with Crippen LogP contribution in [0.3, 0.4) is 0 Å². The number of ether oxygens (including phenoxy) is 1. The largest absolute Gasteiger partial charge is 0.508 e. The van der Waals surface area contributed by atoms with Crippen molar-refractivity contribution in [1.29, 1.82) is 0 Å². The Bertz CT molecular complexity index is 1070. The maximum Gasteiger partial charge on any atom is 0.407 e. The number of aryl methyl sites for hydroxylation is 1. The van der Waals surface area contributed by atoms with E-state index >= 15 is 0 Å². The van der Waals surface area contributed by atoms with Crippen molar-refractivity contribution in [1.82, 2.24) is 5.32 Å². The number of alkyl carbamates (subject to hydrolysis) is 1. The summed E-state index contributed by atoms with van der Waals surface area (Å²) >= 11 is 0. The van der Waals surface area contributed by atoms with Crippen LogP contribution in [0.15, 0.2) is 66.7 Å². The lowest BCUT2D eigenvalue weighted by Crippen LogP contribution is -2.30. The van der Waals surface area contributed by atoms with Gasteiger partial charge in [0.2, 0.25) is 0 Å². The highest BCUT2D eigenvalue weighted by Crippen LogP contribution is 2.44. The Morgan fingerprint density at radius 3 is 2.25 bits per heavy atom. The predicted octanol–water partition coefficient (Wildman–Crippen LogP) is 4.02. The number of fused-ring (bicyclic) bond motifs is 3. The fraction of sp³-hybridized carbons (Fsp3) is 0.269. The third-order valence-corrected chi connectivity index (χ3v) is 5.99. The summed E-state index contributed by atoms with van der Waals surface area (Å²) in [5.74, 6) is 0.0419. The normalized spacial score (nSPS) is 14.3. The van der Waals surface area contributed by atoms with Crippen molar-refractivity contribution < 1.29 is 24.9 Å². The molecule has 1 amide bonds. The summed E-state index contributed by atoms with van der Waals surface area (Å²) in [5, 5.41) is 33.0. The molecule has 3 aromatic rings. The number of amides is 1. The fourth-order valence-corrected chi connectivity index (χ4v) is 4.16. The SMILES string of the molecule is Cc1ccc(C(O)C(O)CCNC(=O)OCC2c3ccccc3-c3ccccc32)cc1O. The van der Waals surface area contributed by atoms with Gasteiger partial charge >= 0.3 is 6.09 Å². The molecule has 166 valence electrons. The number of phenolic OH excluding ortho intramolecular Hbond substituents is 1. The van der Waals surface area contributed by atoms with Crippen LogP contribution in [0.4, 0.5) is 4.79 Å². The van der Waals surface area contributed by atoms with Crippen LogP contribution >= 0.6 is 0 Å². The van der Waals surface area contributed by atoms with Crippen LogP contribution in [0.2, 0.25) is 0 Å². The number of benzene rings is 3. The molecule has 1 aliphatic carbocycles. The Labute approximate surface area is 187 Å². The van der Waals surface area contributed by atoms with Gasteiger partial charge in [-0.15, -0.1) is 0 Å². The highest BCUT2D eigenvalue weighted by Gasteiger charge is 2.29.